The highest BCUT2D eigenvalue weighted by Gasteiger charge is 2.10. The molecule has 0 aromatic heterocycles. The van der Waals surface area contributed by atoms with Gasteiger partial charge in [-0.25, -0.2) is 0 Å². The smallest absolute Gasteiger partial charge is 0.0824 e. The number of hydrogen-bond donors (Lipinski definition) is 0. The van der Waals surface area contributed by atoms with Crippen LogP contribution in [0.3, 0.4) is 0 Å². The van der Waals surface area contributed by atoms with Crippen LogP contribution in [0.4, 0.5) is 0 Å². The molecule has 1 aromatic carbocycles. The molecule has 1 heteroatoms. The molecule has 1 unspecified atom stereocenters. The molecule has 0 fully saturated rings. The Hall–Kier alpha value is -0.820. The van der Waals surface area contributed by atoms with Crippen LogP contribution in [0.2, 0.25) is 0 Å². The lowest BCUT2D eigenvalue weighted by Crippen LogP contribution is -2.06. The number of rotatable bonds is 11. The molecule has 0 aliphatic heterocycles. The van der Waals surface area contributed by atoms with Crippen molar-refractivity contribution >= 4 is 0 Å². The fraction of sp³-hybridized carbons (Fsp3) is 0.667. The van der Waals surface area contributed by atoms with E-state index >= 15 is 0 Å². The predicted molar refractivity (Wildman–Crippen MR) is 83.4 cm³/mol. The van der Waals surface area contributed by atoms with E-state index in [-0.39, 0.29) is 0 Å². The molecular weight excluding hydrogens is 232 g/mol. The molecule has 1 rings (SSSR count). The highest BCUT2D eigenvalue weighted by molar-refractivity contribution is 5.17. The van der Waals surface area contributed by atoms with Gasteiger partial charge in [0.2, 0.25) is 0 Å². The van der Waals surface area contributed by atoms with E-state index in [4.69, 9.17) is 4.74 Å². The third kappa shape index (κ3) is 7.37. The van der Waals surface area contributed by atoms with Crippen molar-refractivity contribution in [3.05, 3.63) is 35.9 Å². The summed E-state index contributed by atoms with van der Waals surface area (Å²) in [4.78, 5) is 0. The van der Waals surface area contributed by atoms with E-state index in [9.17, 15) is 0 Å². The average Bonchev–Trinajstić information content (AvgIpc) is 2.46. The van der Waals surface area contributed by atoms with Crippen molar-refractivity contribution in [2.24, 2.45) is 0 Å². The maximum Gasteiger partial charge on any atom is 0.0824 e. The van der Waals surface area contributed by atoms with Gasteiger partial charge in [0.15, 0.2) is 0 Å². The summed E-state index contributed by atoms with van der Waals surface area (Å²) >= 11 is 0. The summed E-state index contributed by atoms with van der Waals surface area (Å²) < 4.78 is 6.12. The second-order valence-corrected chi connectivity index (χ2v) is 5.33. The van der Waals surface area contributed by atoms with Crippen LogP contribution in [0.15, 0.2) is 30.3 Å². The molecule has 0 aliphatic rings. The first-order chi connectivity index (χ1) is 9.38. The Morgan fingerprint density at radius 1 is 0.842 bits per heavy atom. The Morgan fingerprint density at radius 3 is 2.21 bits per heavy atom. The standard InChI is InChI=1S/C18H30O/c1-3-5-7-12-16-19-18(15-9-6-4-2)17-13-10-8-11-14-17/h8,10-11,13-14,18H,3-7,9,12,15-16H2,1-2H3. The maximum absolute atomic E-state index is 6.12. The number of benzene rings is 1. The van der Waals surface area contributed by atoms with Gasteiger partial charge in [-0.3, -0.25) is 0 Å². The van der Waals surface area contributed by atoms with E-state index in [1.165, 1.54) is 50.5 Å². The van der Waals surface area contributed by atoms with Crippen molar-refractivity contribution in [1.82, 2.24) is 0 Å². The lowest BCUT2D eigenvalue weighted by molar-refractivity contribution is 0.0422. The molecule has 0 N–H and O–H groups in total. The van der Waals surface area contributed by atoms with Gasteiger partial charge in [0.05, 0.1) is 6.10 Å². The highest BCUT2D eigenvalue weighted by atomic mass is 16.5. The summed E-state index contributed by atoms with van der Waals surface area (Å²) in [5.74, 6) is 0. The van der Waals surface area contributed by atoms with Crippen molar-refractivity contribution in [2.45, 2.75) is 71.3 Å². The van der Waals surface area contributed by atoms with Crippen LogP contribution in [0.5, 0.6) is 0 Å². The average molecular weight is 262 g/mol. The molecule has 0 saturated heterocycles. The minimum atomic E-state index is 0.300. The Balaban J connectivity index is 2.36. The first-order valence-corrected chi connectivity index (χ1v) is 8.05. The fourth-order valence-corrected chi connectivity index (χ4v) is 2.35. The lowest BCUT2D eigenvalue weighted by Gasteiger charge is -2.18. The number of ether oxygens (including phenoxy) is 1. The normalized spacial score (nSPS) is 12.5. The lowest BCUT2D eigenvalue weighted by atomic mass is 10.0. The minimum absolute atomic E-state index is 0.300. The van der Waals surface area contributed by atoms with Crippen LogP contribution in [0.25, 0.3) is 0 Å². The Kier molecular flexibility index (Phi) is 9.44. The third-order valence-electron chi connectivity index (χ3n) is 3.56. The van der Waals surface area contributed by atoms with Crippen LogP contribution in [0.1, 0.15) is 76.9 Å². The van der Waals surface area contributed by atoms with E-state index in [0.717, 1.165) is 13.0 Å². The fourth-order valence-electron chi connectivity index (χ4n) is 2.35. The summed E-state index contributed by atoms with van der Waals surface area (Å²) in [7, 11) is 0. The van der Waals surface area contributed by atoms with E-state index < -0.39 is 0 Å². The molecule has 0 aliphatic carbocycles. The molecule has 1 nitrogen and oxygen atoms in total. The van der Waals surface area contributed by atoms with Gasteiger partial charge >= 0.3 is 0 Å². The maximum atomic E-state index is 6.12. The van der Waals surface area contributed by atoms with Crippen molar-refractivity contribution in [3.63, 3.8) is 0 Å². The second-order valence-electron chi connectivity index (χ2n) is 5.33. The van der Waals surface area contributed by atoms with Gasteiger partial charge in [0, 0.05) is 6.61 Å². The first-order valence-electron chi connectivity index (χ1n) is 8.05. The number of unbranched alkanes of at least 4 members (excludes halogenated alkanes) is 5. The molecule has 0 saturated carbocycles. The van der Waals surface area contributed by atoms with Crippen molar-refractivity contribution in [2.75, 3.05) is 6.61 Å². The first kappa shape index (κ1) is 16.2. The van der Waals surface area contributed by atoms with Gasteiger partial charge in [-0.2, -0.15) is 0 Å². The molecule has 1 atom stereocenters. The van der Waals surface area contributed by atoms with Gasteiger partial charge in [-0.05, 0) is 18.4 Å². The summed E-state index contributed by atoms with van der Waals surface area (Å²) in [5.41, 5.74) is 1.34. The quantitative estimate of drug-likeness (QED) is 0.451. The van der Waals surface area contributed by atoms with Crippen LogP contribution in [0, 0.1) is 0 Å². The zero-order valence-electron chi connectivity index (χ0n) is 12.7. The van der Waals surface area contributed by atoms with Gasteiger partial charge < -0.3 is 4.74 Å². The molecule has 0 amide bonds. The van der Waals surface area contributed by atoms with Gasteiger partial charge in [-0.1, -0.05) is 82.7 Å². The zero-order chi connectivity index (χ0) is 13.8. The summed E-state index contributed by atoms with van der Waals surface area (Å²) in [5, 5.41) is 0. The van der Waals surface area contributed by atoms with E-state index in [1.807, 2.05) is 0 Å². The molecule has 0 bridgehead atoms. The van der Waals surface area contributed by atoms with Crippen LogP contribution in [-0.4, -0.2) is 6.61 Å². The van der Waals surface area contributed by atoms with Crippen LogP contribution in [-0.2, 0) is 4.74 Å². The Labute approximate surface area is 119 Å². The molecule has 0 heterocycles. The van der Waals surface area contributed by atoms with Gasteiger partial charge in [-0.15, -0.1) is 0 Å². The predicted octanol–water partition coefficient (Wildman–Crippen LogP) is 5.90. The van der Waals surface area contributed by atoms with Crippen LogP contribution >= 0.6 is 0 Å². The Bertz CT molecular complexity index is 294. The van der Waals surface area contributed by atoms with Gasteiger partial charge in [0.25, 0.3) is 0 Å². The monoisotopic (exact) mass is 262 g/mol. The van der Waals surface area contributed by atoms with E-state index in [0.29, 0.717) is 6.10 Å². The highest BCUT2D eigenvalue weighted by Crippen LogP contribution is 2.24. The second kappa shape index (κ2) is 11.0. The van der Waals surface area contributed by atoms with Crippen LogP contribution < -0.4 is 0 Å². The minimum Gasteiger partial charge on any atom is -0.374 e. The summed E-state index contributed by atoms with van der Waals surface area (Å²) in [6.45, 7) is 5.41. The molecular formula is C18H30O. The number of hydrogen-bond acceptors (Lipinski definition) is 1. The molecule has 108 valence electrons. The molecule has 0 spiro atoms. The third-order valence-corrected chi connectivity index (χ3v) is 3.56. The SMILES string of the molecule is CCCCCCOC(CCCCC)c1ccccc1. The molecule has 19 heavy (non-hydrogen) atoms. The Morgan fingerprint density at radius 2 is 1.53 bits per heavy atom. The van der Waals surface area contributed by atoms with E-state index in [2.05, 4.69) is 44.2 Å². The topological polar surface area (TPSA) is 9.23 Å². The summed E-state index contributed by atoms with van der Waals surface area (Å²) in [6, 6.07) is 10.7. The zero-order valence-corrected chi connectivity index (χ0v) is 12.7. The summed E-state index contributed by atoms with van der Waals surface area (Å²) in [6.07, 6.45) is 10.4. The molecule has 0 radical (unpaired) electrons. The largest absolute Gasteiger partial charge is 0.374 e. The van der Waals surface area contributed by atoms with Gasteiger partial charge in [0.1, 0.15) is 0 Å². The van der Waals surface area contributed by atoms with Crippen molar-refractivity contribution < 1.29 is 4.74 Å². The molecule has 1 aromatic rings. The van der Waals surface area contributed by atoms with E-state index in [1.54, 1.807) is 0 Å². The van der Waals surface area contributed by atoms with Crippen molar-refractivity contribution in [1.29, 1.82) is 0 Å². The van der Waals surface area contributed by atoms with Crippen molar-refractivity contribution in [3.8, 4) is 0 Å².